The number of benzene rings is 17. The van der Waals surface area contributed by atoms with Gasteiger partial charge in [0.05, 0.1) is 0 Å². The molecule has 23 aromatic rings. The zero-order valence-corrected chi connectivity index (χ0v) is 72.9. The Balaban J connectivity index is 0.000000121. The van der Waals surface area contributed by atoms with Crippen LogP contribution in [-0.4, -0.2) is 59.8 Å². The van der Waals surface area contributed by atoms with E-state index in [1.807, 2.05) is 340 Å². The molecule has 0 bridgehead atoms. The second-order valence-electron chi connectivity index (χ2n) is 31.9. The van der Waals surface area contributed by atoms with Crippen molar-refractivity contribution in [2.45, 2.75) is 0 Å². The fourth-order valence-electron chi connectivity index (χ4n) is 16.4. The topological polar surface area (TPSA) is 194 Å². The van der Waals surface area contributed by atoms with Crippen LogP contribution < -0.4 is 0 Å². The van der Waals surface area contributed by atoms with Crippen LogP contribution in [0, 0.1) is 0 Å². The second kappa shape index (κ2) is 38.4. The molecule has 23 rings (SSSR count). The number of fused-ring (bicyclic) bond motifs is 3. The van der Waals surface area contributed by atoms with E-state index in [-0.39, 0.29) is 0 Å². The maximum atomic E-state index is 6.43. The third-order valence-electron chi connectivity index (χ3n) is 23.1. The van der Waals surface area contributed by atoms with Crippen LogP contribution in [0.15, 0.2) is 487 Å². The van der Waals surface area contributed by atoms with Gasteiger partial charge in [0.2, 0.25) is 17.7 Å². The molecule has 0 radical (unpaired) electrons. The van der Waals surface area contributed by atoms with Gasteiger partial charge in [-0.05, 0) is 129 Å². The number of allylic oxidation sites excluding steroid dienone is 4. The van der Waals surface area contributed by atoms with E-state index in [1.165, 1.54) is 0 Å². The van der Waals surface area contributed by atoms with Gasteiger partial charge in [-0.1, -0.05) is 395 Å². The lowest BCUT2D eigenvalue weighted by atomic mass is 9.94. The molecular weight excluding hydrogens is 1660 g/mol. The molecule has 0 aliphatic carbocycles. The van der Waals surface area contributed by atoms with Gasteiger partial charge in [-0.3, -0.25) is 0 Å². The van der Waals surface area contributed by atoms with Crippen molar-refractivity contribution in [3.63, 3.8) is 0 Å². The van der Waals surface area contributed by atoms with Crippen molar-refractivity contribution < 1.29 is 13.3 Å². The van der Waals surface area contributed by atoms with Crippen LogP contribution in [0.4, 0.5) is 0 Å². The van der Waals surface area contributed by atoms with Gasteiger partial charge < -0.3 is 13.3 Å². The van der Waals surface area contributed by atoms with E-state index in [0.29, 0.717) is 75.7 Å². The number of nitrogens with zero attached hydrogens (tertiary/aromatic N) is 12. The quantitative estimate of drug-likeness (QED) is 0.0653. The molecule has 0 spiro atoms. The van der Waals surface area contributed by atoms with E-state index in [9.17, 15) is 0 Å². The van der Waals surface area contributed by atoms with Gasteiger partial charge >= 0.3 is 0 Å². The zero-order valence-electron chi connectivity index (χ0n) is 72.9. The Morgan fingerprint density at radius 2 is 0.430 bits per heavy atom. The SMILES string of the molecule is C=C/C=C(\C=C)c1nc(-c2ccccc2)nc(-c2ccc(-c3cc(-c4ccccc4)c4nc(-c5ccccc5)oc4c3)cc2)n1.c1ccc(-c2nc(-c3ccccc3)nc(-c3cccc(-c4cc(-c5ccccc5)c5nc(-c6ccccc6)oc5c4)c3)n2)cc1.c1ccc(-c2nc(-c3ccccc3)nc(-c3ccccc3-c3cc(-c4ccccc4)c4nc(-c5ccccc5)oc4c3)n2)cc1. The number of hydrogen-bond donors (Lipinski definition) is 0. The van der Waals surface area contributed by atoms with Crippen molar-refractivity contribution in [3.8, 4) is 192 Å². The summed E-state index contributed by atoms with van der Waals surface area (Å²) in [7, 11) is 0. The summed E-state index contributed by atoms with van der Waals surface area (Å²) >= 11 is 0. The van der Waals surface area contributed by atoms with E-state index >= 15 is 0 Å². The van der Waals surface area contributed by atoms with Gasteiger partial charge in [0.25, 0.3) is 0 Å². The summed E-state index contributed by atoms with van der Waals surface area (Å²) in [5, 5.41) is 0. The van der Waals surface area contributed by atoms with E-state index < -0.39 is 0 Å². The minimum atomic E-state index is 0.537. The van der Waals surface area contributed by atoms with Crippen molar-refractivity contribution >= 4 is 38.9 Å². The summed E-state index contributed by atoms with van der Waals surface area (Å²) in [6.45, 7) is 7.78. The Morgan fingerprint density at radius 1 is 0.178 bits per heavy atom. The largest absolute Gasteiger partial charge is 0.436 e. The van der Waals surface area contributed by atoms with E-state index in [4.69, 9.17) is 73.1 Å². The molecule has 0 saturated heterocycles. The van der Waals surface area contributed by atoms with Crippen molar-refractivity contribution in [2.24, 2.45) is 0 Å². The van der Waals surface area contributed by atoms with Gasteiger partial charge in [-0.15, -0.1) is 0 Å². The van der Waals surface area contributed by atoms with Gasteiger partial charge in [0.15, 0.2) is 69.2 Å². The minimum Gasteiger partial charge on any atom is -0.436 e. The number of aromatic nitrogens is 12. The van der Waals surface area contributed by atoms with Gasteiger partial charge in [0, 0.05) is 83.5 Å². The molecule has 0 aliphatic rings. The predicted octanol–water partition coefficient (Wildman–Crippen LogP) is 30.1. The summed E-state index contributed by atoms with van der Waals surface area (Å²) in [5.74, 6) is 7.21. The molecular formula is C120H80N12O3. The standard InChI is InChI=1S/2C40H26N4O.C40H28N4O/c1-5-15-27(16-6-1)34-25-31(26-35-36(34)41-40(45-35)30-21-11-4-12-22-30)32-23-13-14-24-33(32)39-43-37(28-17-7-2-8-18-28)42-38(44-39)29-19-9-3-10-20-29;1-5-14-27(15-6-1)34-25-33(26-35-36(34)41-40(45-35)30-20-11-4-12-21-30)31-22-13-23-32(24-31)39-43-37(28-16-7-2-8-17-28)42-38(44-39)29-18-9-3-10-19-29;1-3-14-27(4-2)37-42-38(30-17-10-6-11-18-30)44-39(43-37)31-23-21-28(22-24-31)33-25-34(29-15-8-5-9-16-29)36-35(26-33)45-40(41-36)32-19-12-7-13-20-32/h2*1-26H;3-26H,1-2H2/b;;27-14+. The molecule has 638 valence electrons. The maximum absolute atomic E-state index is 6.43. The summed E-state index contributed by atoms with van der Waals surface area (Å²) in [6.07, 6.45) is 5.28. The monoisotopic (exact) mass is 1740 g/mol. The molecule has 6 heterocycles. The first-order valence-electron chi connectivity index (χ1n) is 44.3. The number of rotatable bonds is 20. The normalized spacial score (nSPS) is 11.2. The average Bonchev–Trinajstić information content (AvgIpc) is 1.64. The Morgan fingerprint density at radius 3 is 0.770 bits per heavy atom. The summed E-state index contributed by atoms with van der Waals surface area (Å²) in [4.78, 5) is 58.9. The van der Waals surface area contributed by atoms with E-state index in [2.05, 4.69) is 122 Å². The molecule has 17 aromatic carbocycles. The highest BCUT2D eigenvalue weighted by Crippen LogP contribution is 2.44. The first-order valence-corrected chi connectivity index (χ1v) is 44.3. The summed E-state index contributed by atoms with van der Waals surface area (Å²) < 4.78 is 19.1. The van der Waals surface area contributed by atoms with Crippen LogP contribution >= 0.6 is 0 Å². The lowest BCUT2D eigenvalue weighted by molar-refractivity contribution is 0.619. The first kappa shape index (κ1) is 83.3. The molecule has 6 aromatic heterocycles. The van der Waals surface area contributed by atoms with Crippen LogP contribution in [-0.2, 0) is 0 Å². The summed E-state index contributed by atoms with van der Waals surface area (Å²) in [6, 6.07) is 148. The fraction of sp³-hybridized carbons (Fsp3) is 0. The highest BCUT2D eigenvalue weighted by atomic mass is 16.4. The van der Waals surface area contributed by atoms with Crippen molar-refractivity contribution in [1.82, 2.24) is 59.8 Å². The molecule has 135 heavy (non-hydrogen) atoms. The molecule has 0 N–H and O–H groups in total. The molecule has 0 saturated carbocycles. The second-order valence-corrected chi connectivity index (χ2v) is 31.9. The van der Waals surface area contributed by atoms with Gasteiger partial charge in [0.1, 0.15) is 16.6 Å². The molecule has 0 aliphatic heterocycles. The van der Waals surface area contributed by atoms with Crippen LogP contribution in [0.3, 0.4) is 0 Å². The maximum Gasteiger partial charge on any atom is 0.227 e. The lowest BCUT2D eigenvalue weighted by Gasteiger charge is -2.13. The third-order valence-corrected chi connectivity index (χ3v) is 23.1. The van der Waals surface area contributed by atoms with E-state index in [0.717, 1.165) is 161 Å². The van der Waals surface area contributed by atoms with Gasteiger partial charge in [-0.2, -0.15) is 0 Å². The number of hydrogen-bond acceptors (Lipinski definition) is 15. The Bertz CT molecular complexity index is 8090. The highest BCUT2D eigenvalue weighted by molar-refractivity contribution is 6.00. The first-order chi connectivity index (χ1) is 66.8. The van der Waals surface area contributed by atoms with E-state index in [1.54, 1.807) is 12.2 Å². The highest BCUT2D eigenvalue weighted by Gasteiger charge is 2.24. The third kappa shape index (κ3) is 18.2. The Hall–Kier alpha value is -18.6. The van der Waals surface area contributed by atoms with Crippen LogP contribution in [0.1, 0.15) is 5.82 Å². The van der Waals surface area contributed by atoms with Crippen LogP contribution in [0.25, 0.3) is 231 Å². The van der Waals surface area contributed by atoms with Gasteiger partial charge in [-0.25, -0.2) is 59.8 Å². The van der Waals surface area contributed by atoms with Crippen molar-refractivity contribution in [3.05, 3.63) is 480 Å². The lowest BCUT2D eigenvalue weighted by Crippen LogP contribution is -2.02. The molecule has 0 amide bonds. The molecule has 0 fully saturated rings. The van der Waals surface area contributed by atoms with Crippen LogP contribution in [0.2, 0.25) is 0 Å². The fourth-order valence-corrected chi connectivity index (χ4v) is 16.4. The molecule has 0 unspecified atom stereocenters. The Kier molecular flexibility index (Phi) is 23.7. The average molecular weight is 1740 g/mol. The molecule has 15 nitrogen and oxygen atoms in total. The van der Waals surface area contributed by atoms with Crippen molar-refractivity contribution in [1.29, 1.82) is 0 Å². The number of oxazole rings is 3. The smallest absolute Gasteiger partial charge is 0.227 e. The minimum absolute atomic E-state index is 0.537. The molecule has 15 heteroatoms. The van der Waals surface area contributed by atoms with Crippen LogP contribution in [0.5, 0.6) is 0 Å². The summed E-state index contributed by atoms with van der Waals surface area (Å²) in [5.41, 5.74) is 27.8. The van der Waals surface area contributed by atoms with Crippen molar-refractivity contribution in [2.75, 3.05) is 0 Å². The zero-order chi connectivity index (χ0) is 90.6. The molecule has 0 atom stereocenters. The predicted molar refractivity (Wildman–Crippen MR) is 543 cm³/mol. The Labute approximate surface area is 779 Å².